The SMILES string of the molecule is CCOc1ccc(-c2ccnc(NC[C@H](O)CC)n2)cc1C(=O)O. The van der Waals surface area contributed by atoms with Crippen LogP contribution in [0.3, 0.4) is 0 Å². The van der Waals surface area contributed by atoms with E-state index in [4.69, 9.17) is 4.74 Å². The summed E-state index contributed by atoms with van der Waals surface area (Å²) in [7, 11) is 0. The molecule has 1 heterocycles. The van der Waals surface area contributed by atoms with Crippen molar-refractivity contribution in [1.82, 2.24) is 9.97 Å². The van der Waals surface area contributed by atoms with Gasteiger partial charge in [0.15, 0.2) is 0 Å². The Morgan fingerprint density at radius 1 is 1.33 bits per heavy atom. The normalized spacial score (nSPS) is 11.8. The van der Waals surface area contributed by atoms with E-state index in [9.17, 15) is 15.0 Å². The molecule has 0 aliphatic carbocycles. The van der Waals surface area contributed by atoms with Crippen LogP contribution in [0, 0.1) is 0 Å². The first-order valence-electron chi connectivity index (χ1n) is 7.80. The molecular formula is C17H21N3O4. The lowest BCUT2D eigenvalue weighted by molar-refractivity contribution is 0.0692. The van der Waals surface area contributed by atoms with Crippen LogP contribution < -0.4 is 10.1 Å². The molecule has 0 amide bonds. The summed E-state index contributed by atoms with van der Waals surface area (Å²) in [6.07, 6.45) is 1.74. The number of hydrogen-bond acceptors (Lipinski definition) is 6. The van der Waals surface area contributed by atoms with Crippen LogP contribution in [-0.4, -0.2) is 45.4 Å². The molecule has 0 saturated carbocycles. The fraction of sp³-hybridized carbons (Fsp3) is 0.353. The Bertz CT molecular complexity index is 706. The lowest BCUT2D eigenvalue weighted by Crippen LogP contribution is -2.19. The van der Waals surface area contributed by atoms with Gasteiger partial charge < -0.3 is 20.3 Å². The quantitative estimate of drug-likeness (QED) is 0.682. The summed E-state index contributed by atoms with van der Waals surface area (Å²) >= 11 is 0. The van der Waals surface area contributed by atoms with Crippen LogP contribution in [0.1, 0.15) is 30.6 Å². The molecule has 7 nitrogen and oxygen atoms in total. The van der Waals surface area contributed by atoms with E-state index in [1.165, 1.54) is 6.07 Å². The minimum atomic E-state index is -1.06. The first kappa shape index (κ1) is 17.7. The van der Waals surface area contributed by atoms with Gasteiger partial charge in [0, 0.05) is 18.3 Å². The van der Waals surface area contributed by atoms with E-state index in [1.54, 1.807) is 31.3 Å². The second kappa shape index (κ2) is 8.26. The Labute approximate surface area is 140 Å². The number of carboxylic acid groups (broad SMARTS) is 1. The number of benzene rings is 1. The van der Waals surface area contributed by atoms with Crippen LogP contribution in [0.4, 0.5) is 5.95 Å². The highest BCUT2D eigenvalue weighted by molar-refractivity contribution is 5.92. The van der Waals surface area contributed by atoms with Gasteiger partial charge >= 0.3 is 5.97 Å². The van der Waals surface area contributed by atoms with Gasteiger partial charge in [-0.25, -0.2) is 14.8 Å². The maximum atomic E-state index is 11.4. The van der Waals surface area contributed by atoms with Gasteiger partial charge in [-0.3, -0.25) is 0 Å². The molecular weight excluding hydrogens is 310 g/mol. The average molecular weight is 331 g/mol. The molecule has 0 aliphatic heterocycles. The van der Waals surface area contributed by atoms with E-state index in [1.807, 2.05) is 6.92 Å². The van der Waals surface area contributed by atoms with Crippen LogP contribution in [0.25, 0.3) is 11.3 Å². The minimum Gasteiger partial charge on any atom is -0.493 e. The highest BCUT2D eigenvalue weighted by atomic mass is 16.5. The number of carboxylic acids is 1. The fourth-order valence-electron chi connectivity index (χ4n) is 2.10. The third-order valence-corrected chi connectivity index (χ3v) is 3.43. The Kier molecular flexibility index (Phi) is 6.08. The van der Waals surface area contributed by atoms with Crippen LogP contribution in [0.2, 0.25) is 0 Å². The van der Waals surface area contributed by atoms with Crippen molar-refractivity contribution in [3.05, 3.63) is 36.0 Å². The van der Waals surface area contributed by atoms with Gasteiger partial charge in [0.25, 0.3) is 0 Å². The van der Waals surface area contributed by atoms with Gasteiger partial charge in [-0.05, 0) is 37.6 Å². The molecule has 24 heavy (non-hydrogen) atoms. The predicted octanol–water partition coefficient (Wildman–Crippen LogP) is 2.42. The molecule has 2 rings (SSSR count). The summed E-state index contributed by atoms with van der Waals surface area (Å²) in [5, 5.41) is 21.9. The molecule has 2 aromatic rings. The molecule has 0 fully saturated rings. The van der Waals surface area contributed by atoms with Gasteiger partial charge in [-0.1, -0.05) is 6.92 Å². The molecule has 3 N–H and O–H groups in total. The van der Waals surface area contributed by atoms with Crippen LogP contribution in [0.5, 0.6) is 5.75 Å². The monoisotopic (exact) mass is 331 g/mol. The first-order valence-corrected chi connectivity index (χ1v) is 7.80. The molecule has 0 unspecified atom stereocenters. The van der Waals surface area contributed by atoms with E-state index in [0.29, 0.717) is 42.5 Å². The van der Waals surface area contributed by atoms with Gasteiger partial charge in [0.1, 0.15) is 11.3 Å². The maximum Gasteiger partial charge on any atom is 0.339 e. The van der Waals surface area contributed by atoms with Crippen molar-refractivity contribution in [3.63, 3.8) is 0 Å². The summed E-state index contributed by atoms with van der Waals surface area (Å²) in [4.78, 5) is 19.9. The third-order valence-electron chi connectivity index (χ3n) is 3.43. The highest BCUT2D eigenvalue weighted by Gasteiger charge is 2.14. The smallest absolute Gasteiger partial charge is 0.339 e. The lowest BCUT2D eigenvalue weighted by atomic mass is 10.1. The van der Waals surface area contributed by atoms with E-state index in [2.05, 4.69) is 15.3 Å². The van der Waals surface area contributed by atoms with Crippen LogP contribution in [-0.2, 0) is 0 Å². The first-order chi connectivity index (χ1) is 11.5. The number of anilines is 1. The van der Waals surface area contributed by atoms with Gasteiger partial charge in [-0.2, -0.15) is 0 Å². The number of rotatable bonds is 8. The zero-order valence-corrected chi connectivity index (χ0v) is 13.7. The van der Waals surface area contributed by atoms with Crippen LogP contribution >= 0.6 is 0 Å². The van der Waals surface area contributed by atoms with Crippen molar-refractivity contribution < 1.29 is 19.7 Å². The van der Waals surface area contributed by atoms with Crippen molar-refractivity contribution in [2.75, 3.05) is 18.5 Å². The second-order valence-corrected chi connectivity index (χ2v) is 5.16. The topological polar surface area (TPSA) is 105 Å². The Hall–Kier alpha value is -2.67. The summed E-state index contributed by atoms with van der Waals surface area (Å²) in [6.45, 7) is 4.42. The summed E-state index contributed by atoms with van der Waals surface area (Å²) in [6, 6.07) is 6.60. The number of carbonyl (C=O) groups is 1. The van der Waals surface area contributed by atoms with Gasteiger partial charge in [-0.15, -0.1) is 0 Å². The maximum absolute atomic E-state index is 11.4. The standard InChI is InChI=1S/C17H21N3O4/c1-3-12(21)10-19-17-18-8-7-14(20-17)11-5-6-15(24-4-2)13(9-11)16(22)23/h5-9,12,21H,3-4,10H2,1-2H3,(H,22,23)(H,18,19,20)/t12-/m1/s1. The van der Waals surface area contributed by atoms with Crippen molar-refractivity contribution in [2.45, 2.75) is 26.4 Å². The molecule has 1 aromatic carbocycles. The Balaban J connectivity index is 2.28. The number of hydrogen-bond donors (Lipinski definition) is 3. The molecule has 0 bridgehead atoms. The van der Waals surface area contributed by atoms with E-state index in [0.717, 1.165) is 0 Å². The number of ether oxygens (including phenoxy) is 1. The van der Waals surface area contributed by atoms with Crippen LogP contribution in [0.15, 0.2) is 30.5 Å². The van der Waals surface area contributed by atoms with Crippen molar-refractivity contribution >= 4 is 11.9 Å². The van der Waals surface area contributed by atoms with Crippen molar-refractivity contribution in [2.24, 2.45) is 0 Å². The van der Waals surface area contributed by atoms with Crippen molar-refractivity contribution in [1.29, 1.82) is 0 Å². The predicted molar refractivity (Wildman–Crippen MR) is 90.4 cm³/mol. The largest absolute Gasteiger partial charge is 0.493 e. The molecule has 0 spiro atoms. The van der Waals surface area contributed by atoms with Crippen molar-refractivity contribution in [3.8, 4) is 17.0 Å². The summed E-state index contributed by atoms with van der Waals surface area (Å²) in [5.41, 5.74) is 1.32. The number of aliphatic hydroxyl groups excluding tert-OH is 1. The lowest BCUT2D eigenvalue weighted by Gasteiger charge is -2.11. The molecule has 1 atom stereocenters. The zero-order valence-electron chi connectivity index (χ0n) is 13.7. The second-order valence-electron chi connectivity index (χ2n) is 5.16. The third kappa shape index (κ3) is 4.42. The molecule has 1 aromatic heterocycles. The number of nitrogens with one attached hydrogen (secondary N) is 1. The van der Waals surface area contributed by atoms with Gasteiger partial charge in [0.2, 0.25) is 5.95 Å². The number of aromatic nitrogens is 2. The number of aliphatic hydroxyl groups is 1. The van der Waals surface area contributed by atoms with E-state index < -0.39 is 12.1 Å². The molecule has 0 aliphatic rings. The highest BCUT2D eigenvalue weighted by Crippen LogP contribution is 2.26. The number of aromatic carboxylic acids is 1. The summed E-state index contributed by atoms with van der Waals surface area (Å²) in [5.74, 6) is -0.350. The molecule has 128 valence electrons. The minimum absolute atomic E-state index is 0.0869. The molecule has 0 saturated heterocycles. The summed E-state index contributed by atoms with van der Waals surface area (Å²) < 4.78 is 5.34. The Morgan fingerprint density at radius 3 is 2.79 bits per heavy atom. The Morgan fingerprint density at radius 2 is 2.12 bits per heavy atom. The molecule has 7 heteroatoms. The zero-order chi connectivity index (χ0) is 17.5. The van der Waals surface area contributed by atoms with E-state index >= 15 is 0 Å². The fourth-order valence-corrected chi connectivity index (χ4v) is 2.10. The molecule has 0 radical (unpaired) electrons. The van der Waals surface area contributed by atoms with Gasteiger partial charge in [0.05, 0.1) is 18.4 Å². The number of nitrogens with zero attached hydrogens (tertiary/aromatic N) is 2. The van der Waals surface area contributed by atoms with E-state index in [-0.39, 0.29) is 5.56 Å². The average Bonchev–Trinajstić information content (AvgIpc) is 2.60.